The van der Waals surface area contributed by atoms with Crippen LogP contribution in [0.25, 0.3) is 0 Å². The third-order valence-electron chi connectivity index (χ3n) is 0.825. The van der Waals surface area contributed by atoms with E-state index in [0.29, 0.717) is 0 Å². The monoisotopic (exact) mass is 166 g/mol. The van der Waals surface area contributed by atoms with Gasteiger partial charge in [-0.2, -0.15) is 0 Å². The first-order valence-electron chi connectivity index (χ1n) is 1.99. The summed E-state index contributed by atoms with van der Waals surface area (Å²) in [5.74, 6) is 0. The zero-order chi connectivity index (χ0) is 7.07. The molecule has 50 valence electrons. The SMILES string of the molecule is NC1=NC=C(Cl)S1(=O)=O. The van der Waals surface area contributed by atoms with Crippen LogP contribution in [-0.4, -0.2) is 13.6 Å². The summed E-state index contributed by atoms with van der Waals surface area (Å²) in [7, 11) is -3.55. The number of halogens is 1. The fourth-order valence-electron chi connectivity index (χ4n) is 0.353. The fraction of sp³-hybridized carbons (Fsp3) is 0. The molecule has 2 N–H and O–H groups in total. The van der Waals surface area contributed by atoms with Crippen molar-refractivity contribution in [2.45, 2.75) is 0 Å². The summed E-state index contributed by atoms with van der Waals surface area (Å²) in [5, 5.41) is -0.437. The van der Waals surface area contributed by atoms with Gasteiger partial charge in [-0.3, -0.25) is 0 Å². The molecule has 0 unspecified atom stereocenters. The van der Waals surface area contributed by atoms with Crippen LogP contribution in [0.5, 0.6) is 0 Å². The number of amidine groups is 1. The van der Waals surface area contributed by atoms with Gasteiger partial charge in [0.2, 0.25) is 5.17 Å². The number of aliphatic imine (C=N–C) groups is 1. The van der Waals surface area contributed by atoms with Gasteiger partial charge in [0, 0.05) is 0 Å². The molecule has 0 amide bonds. The van der Waals surface area contributed by atoms with E-state index in [1.807, 2.05) is 0 Å². The van der Waals surface area contributed by atoms with Gasteiger partial charge in [-0.25, -0.2) is 13.4 Å². The predicted molar refractivity (Wildman–Crippen MR) is 34.5 cm³/mol. The van der Waals surface area contributed by atoms with Crippen molar-refractivity contribution < 1.29 is 8.42 Å². The quantitative estimate of drug-likeness (QED) is 0.540. The zero-order valence-electron chi connectivity index (χ0n) is 4.20. The summed E-state index contributed by atoms with van der Waals surface area (Å²) >= 11 is 5.18. The number of nitrogens with two attached hydrogens (primary N) is 1. The number of hydrogen-bond donors (Lipinski definition) is 1. The molecule has 1 aliphatic rings. The van der Waals surface area contributed by atoms with Crippen LogP contribution in [0.1, 0.15) is 0 Å². The van der Waals surface area contributed by atoms with Crippen LogP contribution in [-0.2, 0) is 9.84 Å². The molecule has 0 atom stereocenters. The van der Waals surface area contributed by atoms with Crippen LogP contribution >= 0.6 is 11.6 Å². The van der Waals surface area contributed by atoms with E-state index >= 15 is 0 Å². The molecule has 0 saturated carbocycles. The highest BCUT2D eigenvalue weighted by Crippen LogP contribution is 2.17. The van der Waals surface area contributed by atoms with Crippen molar-refractivity contribution in [1.82, 2.24) is 0 Å². The summed E-state index contributed by atoms with van der Waals surface area (Å²) in [6.45, 7) is 0. The van der Waals surface area contributed by atoms with Gasteiger partial charge in [-0.05, 0) is 0 Å². The van der Waals surface area contributed by atoms with E-state index in [-0.39, 0.29) is 4.36 Å². The van der Waals surface area contributed by atoms with Gasteiger partial charge in [0.25, 0.3) is 9.84 Å². The minimum Gasteiger partial charge on any atom is -0.374 e. The van der Waals surface area contributed by atoms with Crippen molar-refractivity contribution in [1.29, 1.82) is 0 Å². The van der Waals surface area contributed by atoms with Crippen LogP contribution in [0.4, 0.5) is 0 Å². The topological polar surface area (TPSA) is 72.5 Å². The Morgan fingerprint density at radius 1 is 1.67 bits per heavy atom. The molecule has 0 fully saturated rings. The lowest BCUT2D eigenvalue weighted by Crippen LogP contribution is -2.20. The van der Waals surface area contributed by atoms with Crippen molar-refractivity contribution in [3.63, 3.8) is 0 Å². The Morgan fingerprint density at radius 3 is 2.33 bits per heavy atom. The summed E-state index contributed by atoms with van der Waals surface area (Å²) < 4.78 is 21.0. The van der Waals surface area contributed by atoms with Gasteiger partial charge in [-0.1, -0.05) is 11.6 Å². The molecule has 0 aromatic heterocycles. The number of sulfone groups is 1. The number of hydrogen-bond acceptors (Lipinski definition) is 4. The molecule has 6 heteroatoms. The van der Waals surface area contributed by atoms with Gasteiger partial charge in [-0.15, -0.1) is 0 Å². The van der Waals surface area contributed by atoms with E-state index in [0.717, 1.165) is 6.20 Å². The molecule has 0 spiro atoms. The van der Waals surface area contributed by atoms with Crippen molar-refractivity contribution in [2.75, 3.05) is 0 Å². The fourth-order valence-corrected chi connectivity index (χ4v) is 1.22. The normalized spacial score (nSPS) is 23.2. The molecule has 0 aliphatic carbocycles. The second-order valence-corrected chi connectivity index (χ2v) is 3.90. The number of nitrogens with zero attached hydrogens (tertiary/aromatic N) is 1. The van der Waals surface area contributed by atoms with Crippen molar-refractivity contribution in [3.05, 3.63) is 10.6 Å². The van der Waals surface area contributed by atoms with Crippen LogP contribution in [0.3, 0.4) is 0 Å². The Labute approximate surface area is 56.9 Å². The maximum Gasteiger partial charge on any atom is 0.251 e. The Hall–Kier alpha value is -0.550. The zero-order valence-corrected chi connectivity index (χ0v) is 5.78. The van der Waals surface area contributed by atoms with Gasteiger partial charge in [0.15, 0.2) is 4.36 Å². The molecule has 1 heterocycles. The third-order valence-corrected chi connectivity index (χ3v) is 2.81. The molecular formula is C3H3ClN2O2S. The Balaban J connectivity index is 3.29. The Bertz CT molecular complexity index is 265. The standard InChI is InChI=1S/C3H3ClN2O2S/c4-2-1-6-3(5)9(2,7)8/h1H,(H2,5,6). The van der Waals surface area contributed by atoms with Gasteiger partial charge >= 0.3 is 0 Å². The van der Waals surface area contributed by atoms with E-state index < -0.39 is 15.0 Å². The highest BCUT2D eigenvalue weighted by molar-refractivity contribution is 8.11. The molecular weight excluding hydrogens is 164 g/mol. The number of rotatable bonds is 0. The molecule has 0 radical (unpaired) electrons. The first kappa shape index (κ1) is 6.57. The maximum absolute atomic E-state index is 10.6. The molecule has 0 aromatic rings. The average molecular weight is 167 g/mol. The molecule has 1 rings (SSSR count). The summed E-state index contributed by atoms with van der Waals surface area (Å²) in [6, 6.07) is 0. The summed E-state index contributed by atoms with van der Waals surface area (Å²) in [5.41, 5.74) is 4.93. The highest BCUT2D eigenvalue weighted by Gasteiger charge is 2.25. The smallest absolute Gasteiger partial charge is 0.251 e. The maximum atomic E-state index is 10.6. The van der Waals surface area contributed by atoms with E-state index in [2.05, 4.69) is 4.99 Å². The second-order valence-electron chi connectivity index (χ2n) is 1.40. The summed E-state index contributed by atoms with van der Waals surface area (Å²) in [6.07, 6.45) is 1.01. The predicted octanol–water partition coefficient (Wildman–Crippen LogP) is -0.233. The second kappa shape index (κ2) is 1.71. The van der Waals surface area contributed by atoms with Crippen LogP contribution in [0.15, 0.2) is 15.6 Å². The molecule has 0 bridgehead atoms. The average Bonchev–Trinajstić information content (AvgIpc) is 1.96. The molecule has 0 saturated heterocycles. The van der Waals surface area contributed by atoms with Crippen LogP contribution in [0, 0.1) is 0 Å². The van der Waals surface area contributed by atoms with Crippen molar-refractivity contribution in [3.8, 4) is 0 Å². The minimum absolute atomic E-state index is 0.319. The first-order chi connectivity index (χ1) is 4.05. The minimum atomic E-state index is -3.55. The van der Waals surface area contributed by atoms with E-state index in [4.69, 9.17) is 17.3 Å². The third kappa shape index (κ3) is 0.818. The largest absolute Gasteiger partial charge is 0.374 e. The molecule has 0 aromatic carbocycles. The van der Waals surface area contributed by atoms with E-state index in [1.54, 1.807) is 0 Å². The van der Waals surface area contributed by atoms with Gasteiger partial charge < -0.3 is 5.73 Å². The van der Waals surface area contributed by atoms with Gasteiger partial charge in [0.1, 0.15) is 0 Å². The molecule has 4 nitrogen and oxygen atoms in total. The lowest BCUT2D eigenvalue weighted by molar-refractivity contribution is 0.614. The lowest BCUT2D eigenvalue weighted by atomic mass is 11.0. The molecule has 1 aliphatic heterocycles. The summed E-state index contributed by atoms with van der Waals surface area (Å²) in [4.78, 5) is 3.28. The van der Waals surface area contributed by atoms with Crippen LogP contribution < -0.4 is 5.73 Å². The van der Waals surface area contributed by atoms with Gasteiger partial charge in [0.05, 0.1) is 6.20 Å². The Kier molecular flexibility index (Phi) is 1.25. The van der Waals surface area contributed by atoms with Crippen LogP contribution in [0.2, 0.25) is 0 Å². The Morgan fingerprint density at radius 2 is 2.22 bits per heavy atom. The lowest BCUT2D eigenvalue weighted by Gasteiger charge is -1.89. The first-order valence-corrected chi connectivity index (χ1v) is 3.85. The highest BCUT2D eigenvalue weighted by atomic mass is 35.5. The van der Waals surface area contributed by atoms with E-state index in [1.165, 1.54) is 0 Å². The van der Waals surface area contributed by atoms with Crippen molar-refractivity contribution in [2.24, 2.45) is 10.7 Å². The van der Waals surface area contributed by atoms with E-state index in [9.17, 15) is 8.42 Å². The van der Waals surface area contributed by atoms with Crippen molar-refractivity contribution >= 4 is 26.6 Å². The molecule has 9 heavy (non-hydrogen) atoms.